The van der Waals surface area contributed by atoms with Crippen LogP contribution < -0.4 is 10.6 Å². The van der Waals surface area contributed by atoms with Gasteiger partial charge in [0, 0.05) is 18.9 Å². The number of carbonyl (C=O) groups is 3. The highest BCUT2D eigenvalue weighted by atomic mass is 16.5. The van der Waals surface area contributed by atoms with Gasteiger partial charge in [-0.25, -0.2) is 9.59 Å². The molecule has 1 atom stereocenters. The van der Waals surface area contributed by atoms with E-state index < -0.39 is 18.1 Å². The van der Waals surface area contributed by atoms with E-state index in [9.17, 15) is 19.5 Å². The molecule has 0 aliphatic heterocycles. The van der Waals surface area contributed by atoms with Gasteiger partial charge in [0.15, 0.2) is 0 Å². The van der Waals surface area contributed by atoms with Crippen molar-refractivity contribution in [1.29, 1.82) is 0 Å². The minimum absolute atomic E-state index is 0.00153. The third-order valence-corrected chi connectivity index (χ3v) is 6.09. The third kappa shape index (κ3) is 5.28. The molecule has 7 nitrogen and oxygen atoms in total. The zero-order valence-corrected chi connectivity index (χ0v) is 17.9. The number of carbonyl (C=O) groups excluding carboxylic acids is 2. The quantitative estimate of drug-likeness (QED) is 0.493. The molecule has 0 spiro atoms. The van der Waals surface area contributed by atoms with Gasteiger partial charge in [-0.3, -0.25) is 4.79 Å². The van der Waals surface area contributed by atoms with Crippen molar-refractivity contribution in [3.63, 3.8) is 0 Å². The lowest BCUT2D eigenvalue weighted by Crippen LogP contribution is -2.41. The van der Waals surface area contributed by atoms with Crippen molar-refractivity contribution in [2.24, 2.45) is 5.92 Å². The largest absolute Gasteiger partial charge is 0.480 e. The number of amides is 2. The van der Waals surface area contributed by atoms with Crippen molar-refractivity contribution < 1.29 is 24.2 Å². The van der Waals surface area contributed by atoms with Crippen LogP contribution in [0.15, 0.2) is 48.5 Å². The van der Waals surface area contributed by atoms with Crippen molar-refractivity contribution in [2.75, 3.05) is 13.2 Å². The maximum Gasteiger partial charge on any atom is 0.407 e. The van der Waals surface area contributed by atoms with Crippen LogP contribution in [0.5, 0.6) is 0 Å². The zero-order chi connectivity index (χ0) is 22.5. The highest BCUT2D eigenvalue weighted by Gasteiger charge is 2.30. The summed E-state index contributed by atoms with van der Waals surface area (Å²) in [4.78, 5) is 35.4. The highest BCUT2D eigenvalue weighted by Crippen LogP contribution is 2.44. The van der Waals surface area contributed by atoms with Gasteiger partial charge in [-0.05, 0) is 41.0 Å². The van der Waals surface area contributed by atoms with Crippen molar-refractivity contribution in [3.05, 3.63) is 59.7 Å². The van der Waals surface area contributed by atoms with E-state index in [0.29, 0.717) is 18.8 Å². The molecule has 2 aliphatic rings. The van der Waals surface area contributed by atoms with E-state index >= 15 is 0 Å². The number of carboxylic acid groups (broad SMARTS) is 1. The summed E-state index contributed by atoms with van der Waals surface area (Å²) in [6.07, 6.45) is 2.58. The fourth-order valence-corrected chi connectivity index (χ4v) is 4.26. The first kappa shape index (κ1) is 21.9. The molecule has 0 aromatic heterocycles. The summed E-state index contributed by atoms with van der Waals surface area (Å²) in [5, 5.41) is 14.5. The lowest BCUT2D eigenvalue weighted by molar-refractivity contribution is -0.142. The van der Waals surface area contributed by atoms with E-state index in [4.69, 9.17) is 4.74 Å². The first-order valence-electron chi connectivity index (χ1n) is 11.1. The number of ether oxygens (including phenoxy) is 1. The molecule has 32 heavy (non-hydrogen) atoms. The van der Waals surface area contributed by atoms with Gasteiger partial charge in [0.25, 0.3) is 0 Å². The molecular weight excluding hydrogens is 408 g/mol. The van der Waals surface area contributed by atoms with Crippen LogP contribution in [0, 0.1) is 5.92 Å². The topological polar surface area (TPSA) is 105 Å². The number of fused-ring (bicyclic) bond motifs is 3. The van der Waals surface area contributed by atoms with E-state index in [1.807, 2.05) is 24.3 Å². The molecule has 2 aromatic carbocycles. The van der Waals surface area contributed by atoms with Crippen LogP contribution in [0.25, 0.3) is 11.1 Å². The molecule has 168 valence electrons. The van der Waals surface area contributed by atoms with Gasteiger partial charge in [-0.15, -0.1) is 0 Å². The van der Waals surface area contributed by atoms with Gasteiger partial charge in [0.2, 0.25) is 5.91 Å². The number of benzene rings is 2. The van der Waals surface area contributed by atoms with Crippen LogP contribution in [0.1, 0.15) is 49.1 Å². The van der Waals surface area contributed by atoms with Crippen LogP contribution in [0.3, 0.4) is 0 Å². The molecule has 1 saturated carbocycles. The molecule has 0 radical (unpaired) electrons. The highest BCUT2D eigenvalue weighted by molar-refractivity contribution is 5.83. The van der Waals surface area contributed by atoms with Gasteiger partial charge in [0.1, 0.15) is 12.6 Å². The van der Waals surface area contributed by atoms with Crippen LogP contribution in [-0.4, -0.2) is 42.3 Å². The van der Waals surface area contributed by atoms with E-state index in [1.165, 1.54) is 11.1 Å². The minimum atomic E-state index is -0.998. The Morgan fingerprint density at radius 1 is 1.00 bits per heavy atom. The molecule has 0 saturated heterocycles. The summed E-state index contributed by atoms with van der Waals surface area (Å²) in [7, 11) is 0. The Morgan fingerprint density at radius 3 is 2.22 bits per heavy atom. The summed E-state index contributed by atoms with van der Waals surface area (Å²) in [6, 6.07) is 15.5. The summed E-state index contributed by atoms with van der Waals surface area (Å²) in [6.45, 7) is 0.520. The molecule has 2 amide bonds. The van der Waals surface area contributed by atoms with Crippen molar-refractivity contribution in [1.82, 2.24) is 10.6 Å². The van der Waals surface area contributed by atoms with Gasteiger partial charge in [-0.1, -0.05) is 61.4 Å². The SMILES string of the molecule is O=C(CCCNC(=O)OCC1c2ccccc2-c2ccccc21)N[C@@H](CC1CC1)C(=O)O. The number of alkyl carbamates (subject to hydrolysis) is 1. The average molecular weight is 437 g/mol. The van der Waals surface area contributed by atoms with Crippen LogP contribution in [-0.2, 0) is 14.3 Å². The summed E-state index contributed by atoms with van der Waals surface area (Å²) in [5.41, 5.74) is 4.64. The van der Waals surface area contributed by atoms with Crippen molar-refractivity contribution in [2.45, 2.75) is 44.1 Å². The number of nitrogens with one attached hydrogen (secondary N) is 2. The van der Waals surface area contributed by atoms with E-state index in [-0.39, 0.29) is 31.4 Å². The first-order chi connectivity index (χ1) is 15.5. The maximum absolute atomic E-state index is 12.2. The van der Waals surface area contributed by atoms with E-state index in [2.05, 4.69) is 34.9 Å². The predicted molar refractivity (Wildman–Crippen MR) is 119 cm³/mol. The third-order valence-electron chi connectivity index (χ3n) is 6.09. The number of aliphatic carboxylic acids is 1. The molecule has 0 unspecified atom stereocenters. The molecule has 0 heterocycles. The second-order valence-electron chi connectivity index (χ2n) is 8.49. The first-order valence-corrected chi connectivity index (χ1v) is 11.1. The lowest BCUT2D eigenvalue weighted by atomic mass is 9.98. The van der Waals surface area contributed by atoms with Gasteiger partial charge >= 0.3 is 12.1 Å². The van der Waals surface area contributed by atoms with Gasteiger partial charge in [0.05, 0.1) is 0 Å². The van der Waals surface area contributed by atoms with E-state index in [1.54, 1.807) is 0 Å². The number of carboxylic acids is 1. The summed E-state index contributed by atoms with van der Waals surface area (Å²) >= 11 is 0. The predicted octanol–water partition coefficient (Wildman–Crippen LogP) is 3.67. The van der Waals surface area contributed by atoms with Crippen molar-refractivity contribution in [3.8, 4) is 11.1 Å². The second kappa shape index (κ2) is 9.85. The van der Waals surface area contributed by atoms with Gasteiger partial charge < -0.3 is 20.5 Å². The molecule has 0 bridgehead atoms. The van der Waals surface area contributed by atoms with Crippen molar-refractivity contribution >= 4 is 18.0 Å². The standard InChI is InChI=1S/C25H28N2O5/c28-23(27-22(24(29)30)14-16-11-12-16)10-5-13-26-25(31)32-15-21-19-8-3-1-6-17(19)18-7-2-4-9-20(18)21/h1-4,6-9,16,21-22H,5,10-15H2,(H,26,31)(H,27,28)(H,29,30)/t22-/m0/s1. The Balaban J connectivity index is 1.19. The van der Waals surface area contributed by atoms with Crippen LogP contribution in [0.4, 0.5) is 4.79 Å². The van der Waals surface area contributed by atoms with Crippen LogP contribution in [0.2, 0.25) is 0 Å². The zero-order valence-electron chi connectivity index (χ0n) is 17.9. The lowest BCUT2D eigenvalue weighted by Gasteiger charge is -2.15. The smallest absolute Gasteiger partial charge is 0.407 e. The Kier molecular flexibility index (Phi) is 6.73. The molecular formula is C25H28N2O5. The molecule has 2 aliphatic carbocycles. The average Bonchev–Trinajstić information content (AvgIpc) is 3.55. The Hall–Kier alpha value is -3.35. The van der Waals surface area contributed by atoms with Crippen LogP contribution >= 0.6 is 0 Å². The molecule has 3 N–H and O–H groups in total. The van der Waals surface area contributed by atoms with E-state index in [0.717, 1.165) is 24.0 Å². The monoisotopic (exact) mass is 436 g/mol. The second-order valence-corrected chi connectivity index (χ2v) is 8.49. The Morgan fingerprint density at radius 2 is 1.62 bits per heavy atom. The molecule has 1 fully saturated rings. The van der Waals surface area contributed by atoms with Gasteiger partial charge in [-0.2, -0.15) is 0 Å². The normalized spacial score (nSPS) is 15.4. The minimum Gasteiger partial charge on any atom is -0.480 e. The Bertz CT molecular complexity index is 956. The number of rotatable bonds is 10. The fraction of sp³-hybridized carbons (Fsp3) is 0.400. The molecule has 4 rings (SSSR count). The molecule has 2 aromatic rings. The summed E-state index contributed by atoms with van der Waals surface area (Å²) < 4.78 is 5.47. The fourth-order valence-electron chi connectivity index (χ4n) is 4.26. The number of hydrogen-bond donors (Lipinski definition) is 3. The summed E-state index contributed by atoms with van der Waals surface area (Å²) in [5.74, 6) is -0.903. The molecule has 7 heteroatoms. The number of hydrogen-bond acceptors (Lipinski definition) is 4. The maximum atomic E-state index is 12.2. The Labute approximate surface area is 187 Å².